The minimum Gasteiger partial charge on any atom is -0.378 e. The molecule has 0 aromatic carbocycles. The largest absolute Gasteiger partial charge is 0.378 e. The van der Waals surface area contributed by atoms with Crippen LogP contribution in [0.1, 0.15) is 0 Å². The van der Waals surface area contributed by atoms with E-state index >= 15 is 0 Å². The van der Waals surface area contributed by atoms with Gasteiger partial charge in [0.25, 0.3) is 0 Å². The predicted octanol–water partition coefficient (Wildman–Crippen LogP) is 1.12. The van der Waals surface area contributed by atoms with E-state index in [-0.39, 0.29) is 11.5 Å². The molecule has 70 valence electrons. The van der Waals surface area contributed by atoms with Crippen molar-refractivity contribution in [3.8, 4) is 0 Å². The van der Waals surface area contributed by atoms with Crippen LogP contribution in [-0.2, 0) is 0 Å². The van der Waals surface area contributed by atoms with Crippen molar-refractivity contribution in [2.24, 2.45) is 0 Å². The topological polar surface area (TPSA) is 94.9 Å². The zero-order chi connectivity index (χ0) is 10.1. The smallest absolute Gasteiger partial charge is 0.311 e. The molecule has 0 bridgehead atoms. The van der Waals surface area contributed by atoms with E-state index in [1.54, 1.807) is 12.3 Å². The van der Waals surface area contributed by atoms with Crippen molar-refractivity contribution in [1.82, 2.24) is 9.97 Å². The summed E-state index contributed by atoms with van der Waals surface area (Å²) >= 11 is 0. The van der Waals surface area contributed by atoms with Crippen molar-refractivity contribution in [3.63, 3.8) is 0 Å². The standard InChI is InChI=1S/C8H6N4O2/c9-8-7(12(13)14)3-5-4-10-2-1-6(5)11-8/h1-4H,(H2,9,11). The highest BCUT2D eigenvalue weighted by Gasteiger charge is 2.13. The van der Waals surface area contributed by atoms with Gasteiger partial charge >= 0.3 is 5.69 Å². The Morgan fingerprint density at radius 3 is 3.00 bits per heavy atom. The Morgan fingerprint density at radius 1 is 1.50 bits per heavy atom. The Balaban J connectivity index is 2.77. The summed E-state index contributed by atoms with van der Waals surface area (Å²) in [6.07, 6.45) is 3.06. The highest BCUT2D eigenvalue weighted by Crippen LogP contribution is 2.23. The zero-order valence-corrected chi connectivity index (χ0v) is 7.04. The van der Waals surface area contributed by atoms with Crippen molar-refractivity contribution < 1.29 is 4.92 Å². The molecule has 6 heteroatoms. The van der Waals surface area contributed by atoms with Crippen LogP contribution in [0.5, 0.6) is 0 Å². The molecule has 0 amide bonds. The first-order chi connectivity index (χ1) is 6.68. The predicted molar refractivity (Wildman–Crippen MR) is 50.6 cm³/mol. The molecule has 14 heavy (non-hydrogen) atoms. The third-order valence-electron chi connectivity index (χ3n) is 1.82. The van der Waals surface area contributed by atoms with Gasteiger partial charge in [-0.25, -0.2) is 4.98 Å². The van der Waals surface area contributed by atoms with Gasteiger partial charge in [0.2, 0.25) is 5.82 Å². The number of nitrogens with zero attached hydrogens (tertiary/aromatic N) is 3. The van der Waals surface area contributed by atoms with Crippen LogP contribution in [0.4, 0.5) is 11.5 Å². The van der Waals surface area contributed by atoms with Gasteiger partial charge in [0.05, 0.1) is 10.4 Å². The number of pyridine rings is 2. The third-order valence-corrected chi connectivity index (χ3v) is 1.82. The Kier molecular flexibility index (Phi) is 1.74. The van der Waals surface area contributed by atoms with Crippen molar-refractivity contribution in [2.45, 2.75) is 0 Å². The molecular weight excluding hydrogens is 184 g/mol. The van der Waals surface area contributed by atoms with E-state index in [2.05, 4.69) is 9.97 Å². The average Bonchev–Trinajstić information content (AvgIpc) is 2.16. The van der Waals surface area contributed by atoms with Gasteiger partial charge in [-0.05, 0) is 6.07 Å². The number of rotatable bonds is 1. The highest BCUT2D eigenvalue weighted by molar-refractivity contribution is 5.82. The molecule has 0 aliphatic heterocycles. The Morgan fingerprint density at radius 2 is 2.29 bits per heavy atom. The molecule has 2 aromatic heterocycles. The Bertz CT molecular complexity index is 512. The molecule has 0 saturated heterocycles. The van der Waals surface area contributed by atoms with Crippen LogP contribution < -0.4 is 5.73 Å². The van der Waals surface area contributed by atoms with Crippen LogP contribution in [0.3, 0.4) is 0 Å². The molecule has 0 radical (unpaired) electrons. The maximum absolute atomic E-state index is 10.5. The molecule has 0 aliphatic carbocycles. The lowest BCUT2D eigenvalue weighted by Gasteiger charge is -1.98. The summed E-state index contributed by atoms with van der Waals surface area (Å²) < 4.78 is 0. The lowest BCUT2D eigenvalue weighted by molar-refractivity contribution is -0.384. The first kappa shape index (κ1) is 8.36. The number of nitro groups is 1. The minimum absolute atomic E-state index is 0.0753. The number of nitrogens with two attached hydrogens (primary N) is 1. The van der Waals surface area contributed by atoms with E-state index in [1.165, 1.54) is 12.3 Å². The molecule has 0 aliphatic rings. The summed E-state index contributed by atoms with van der Waals surface area (Å²) in [5, 5.41) is 11.1. The zero-order valence-electron chi connectivity index (χ0n) is 7.04. The van der Waals surface area contributed by atoms with Crippen molar-refractivity contribution in [3.05, 3.63) is 34.6 Å². The second-order valence-corrected chi connectivity index (χ2v) is 2.72. The van der Waals surface area contributed by atoms with Crippen LogP contribution in [0, 0.1) is 10.1 Å². The van der Waals surface area contributed by atoms with Crippen molar-refractivity contribution >= 4 is 22.4 Å². The van der Waals surface area contributed by atoms with Gasteiger partial charge in [-0.3, -0.25) is 15.1 Å². The van der Waals surface area contributed by atoms with Crippen LogP contribution in [0.25, 0.3) is 10.9 Å². The monoisotopic (exact) mass is 190 g/mol. The first-order valence-electron chi connectivity index (χ1n) is 3.83. The summed E-state index contributed by atoms with van der Waals surface area (Å²) in [5.74, 6) is -0.0753. The van der Waals surface area contributed by atoms with E-state index in [9.17, 15) is 10.1 Å². The fraction of sp³-hybridized carbons (Fsp3) is 0. The number of aromatic nitrogens is 2. The molecule has 0 atom stereocenters. The summed E-state index contributed by atoms with van der Waals surface area (Å²) in [6.45, 7) is 0. The molecule has 0 spiro atoms. The van der Waals surface area contributed by atoms with Gasteiger partial charge in [-0.2, -0.15) is 0 Å². The van der Waals surface area contributed by atoms with Crippen LogP contribution in [-0.4, -0.2) is 14.9 Å². The average molecular weight is 190 g/mol. The molecule has 6 nitrogen and oxygen atoms in total. The van der Waals surface area contributed by atoms with Crippen molar-refractivity contribution in [2.75, 3.05) is 5.73 Å². The van der Waals surface area contributed by atoms with Crippen LogP contribution in [0.2, 0.25) is 0 Å². The van der Waals surface area contributed by atoms with E-state index < -0.39 is 4.92 Å². The Hall–Kier alpha value is -2.24. The summed E-state index contributed by atoms with van der Waals surface area (Å²) in [7, 11) is 0. The molecular formula is C8H6N4O2. The molecule has 2 rings (SSSR count). The van der Waals surface area contributed by atoms with Gasteiger partial charge in [0.1, 0.15) is 0 Å². The molecule has 0 unspecified atom stereocenters. The lowest BCUT2D eigenvalue weighted by Crippen LogP contribution is -1.98. The van der Waals surface area contributed by atoms with Crippen LogP contribution >= 0.6 is 0 Å². The second-order valence-electron chi connectivity index (χ2n) is 2.72. The van der Waals surface area contributed by atoms with Gasteiger partial charge in [-0.15, -0.1) is 0 Å². The molecule has 2 aromatic rings. The summed E-state index contributed by atoms with van der Waals surface area (Å²) in [6, 6.07) is 3.01. The van der Waals surface area contributed by atoms with E-state index in [0.29, 0.717) is 10.9 Å². The first-order valence-corrected chi connectivity index (χ1v) is 3.83. The fourth-order valence-electron chi connectivity index (χ4n) is 1.17. The Labute approximate surface area is 78.5 Å². The van der Waals surface area contributed by atoms with Gasteiger partial charge in [-0.1, -0.05) is 0 Å². The summed E-state index contributed by atoms with van der Waals surface area (Å²) in [4.78, 5) is 17.7. The molecule has 2 N–H and O–H groups in total. The molecule has 2 heterocycles. The van der Waals surface area contributed by atoms with E-state index in [0.717, 1.165) is 0 Å². The number of anilines is 1. The van der Waals surface area contributed by atoms with Gasteiger partial charge in [0.15, 0.2) is 0 Å². The van der Waals surface area contributed by atoms with E-state index in [4.69, 9.17) is 5.73 Å². The number of fused-ring (bicyclic) bond motifs is 1. The SMILES string of the molecule is Nc1nc2ccncc2cc1[N+](=O)[O-]. The minimum atomic E-state index is -0.561. The van der Waals surface area contributed by atoms with Crippen molar-refractivity contribution in [1.29, 1.82) is 0 Å². The maximum Gasteiger partial charge on any atom is 0.311 e. The summed E-state index contributed by atoms with van der Waals surface area (Å²) in [5.41, 5.74) is 5.83. The molecule has 0 saturated carbocycles. The van der Waals surface area contributed by atoms with Gasteiger partial charge < -0.3 is 5.73 Å². The number of hydrogen-bond acceptors (Lipinski definition) is 5. The van der Waals surface area contributed by atoms with E-state index in [1.807, 2.05) is 0 Å². The number of nitrogen functional groups attached to an aromatic ring is 1. The quantitative estimate of drug-likeness (QED) is 0.537. The maximum atomic E-state index is 10.5. The van der Waals surface area contributed by atoms with Crippen LogP contribution in [0.15, 0.2) is 24.5 Å². The molecule has 0 fully saturated rings. The fourth-order valence-corrected chi connectivity index (χ4v) is 1.17. The normalized spacial score (nSPS) is 10.3. The number of hydrogen-bond donors (Lipinski definition) is 1. The van der Waals surface area contributed by atoms with Gasteiger partial charge in [0, 0.05) is 23.8 Å². The lowest BCUT2D eigenvalue weighted by atomic mass is 10.2. The third kappa shape index (κ3) is 1.22. The highest BCUT2D eigenvalue weighted by atomic mass is 16.6. The second kappa shape index (κ2) is 2.91.